The van der Waals surface area contributed by atoms with E-state index in [1.54, 1.807) is 37.5 Å². The van der Waals surface area contributed by atoms with Crippen LogP contribution < -0.4 is 19.9 Å². The molecule has 0 aliphatic carbocycles. The Balaban J connectivity index is 1.24. The summed E-state index contributed by atoms with van der Waals surface area (Å²) in [5, 5.41) is 0. The van der Waals surface area contributed by atoms with Crippen molar-refractivity contribution in [3.63, 3.8) is 0 Å². The van der Waals surface area contributed by atoms with E-state index >= 15 is 0 Å². The highest BCUT2D eigenvalue weighted by Gasteiger charge is 2.33. The number of carbonyl (C=O) groups excluding carboxylic acids is 1. The van der Waals surface area contributed by atoms with Gasteiger partial charge in [-0.05, 0) is 47.9 Å². The largest absolute Gasteiger partial charge is 0.493 e. The van der Waals surface area contributed by atoms with Gasteiger partial charge in [0.05, 0.1) is 24.7 Å². The molecule has 4 aromatic rings. The predicted molar refractivity (Wildman–Crippen MR) is 179 cm³/mol. The van der Waals surface area contributed by atoms with Gasteiger partial charge in [0.15, 0.2) is 11.5 Å². The Kier molecular flexibility index (Phi) is 8.96. The lowest BCUT2D eigenvalue weighted by atomic mass is 10.1. The molecule has 0 atom stereocenters. The van der Waals surface area contributed by atoms with Crippen LogP contribution in [-0.4, -0.2) is 76.4 Å². The molecule has 6 rings (SSSR count). The topological polar surface area (TPSA) is 79.6 Å². The number of hydrogen-bond acceptors (Lipinski definition) is 9. The van der Waals surface area contributed by atoms with Crippen molar-refractivity contribution in [1.82, 2.24) is 19.2 Å². The van der Waals surface area contributed by atoms with Crippen LogP contribution in [0.25, 0.3) is 11.7 Å². The van der Waals surface area contributed by atoms with E-state index in [1.807, 2.05) is 36.4 Å². The number of hydrogen-bond donors (Lipinski definition) is 0. The number of pyridine rings is 1. The summed E-state index contributed by atoms with van der Waals surface area (Å²) in [6.45, 7) is 4.39. The van der Waals surface area contributed by atoms with Crippen LogP contribution in [0, 0.1) is 0 Å². The molecule has 226 valence electrons. The first-order valence-electron chi connectivity index (χ1n) is 14.4. The monoisotopic (exact) mass is 627 g/mol. The maximum Gasteiger partial charge on any atom is 0.267 e. The smallest absolute Gasteiger partial charge is 0.267 e. The molecule has 2 aliphatic heterocycles. The van der Waals surface area contributed by atoms with Gasteiger partial charge in [-0.2, -0.15) is 0 Å². The van der Waals surface area contributed by atoms with Crippen LogP contribution in [0.15, 0.2) is 82.6 Å². The molecule has 11 heteroatoms. The molecule has 44 heavy (non-hydrogen) atoms. The van der Waals surface area contributed by atoms with Crippen molar-refractivity contribution >= 4 is 51.7 Å². The van der Waals surface area contributed by atoms with Gasteiger partial charge in [0.25, 0.3) is 11.5 Å². The molecule has 2 aromatic heterocycles. The van der Waals surface area contributed by atoms with Gasteiger partial charge in [0, 0.05) is 45.5 Å². The van der Waals surface area contributed by atoms with E-state index in [4.69, 9.17) is 26.7 Å². The van der Waals surface area contributed by atoms with Crippen LogP contribution in [0.3, 0.4) is 0 Å². The highest BCUT2D eigenvalue weighted by molar-refractivity contribution is 8.26. The molecule has 0 bridgehead atoms. The van der Waals surface area contributed by atoms with Gasteiger partial charge in [-0.1, -0.05) is 66.4 Å². The Morgan fingerprint density at radius 2 is 1.66 bits per heavy atom. The maximum atomic E-state index is 13.8. The third-order valence-corrected chi connectivity index (χ3v) is 9.27. The normalized spacial score (nSPS) is 16.7. The van der Waals surface area contributed by atoms with E-state index in [9.17, 15) is 9.59 Å². The second-order valence-corrected chi connectivity index (χ2v) is 12.3. The fourth-order valence-electron chi connectivity index (χ4n) is 5.52. The Bertz CT molecular complexity index is 1780. The quantitative estimate of drug-likeness (QED) is 0.197. The number of benzene rings is 2. The number of carbonyl (C=O) groups is 1. The van der Waals surface area contributed by atoms with Crippen molar-refractivity contribution in [2.75, 3.05) is 51.8 Å². The number of nitrogens with zero attached hydrogens (tertiary/aromatic N) is 5. The van der Waals surface area contributed by atoms with Crippen molar-refractivity contribution < 1.29 is 14.3 Å². The first-order chi connectivity index (χ1) is 21.4. The third-order valence-electron chi connectivity index (χ3n) is 7.89. The summed E-state index contributed by atoms with van der Waals surface area (Å²) in [7, 11) is 3.19. The van der Waals surface area contributed by atoms with Gasteiger partial charge in [-0.25, -0.2) is 4.98 Å². The Morgan fingerprint density at radius 1 is 0.909 bits per heavy atom. The third kappa shape index (κ3) is 6.21. The molecule has 4 heterocycles. The first kappa shape index (κ1) is 29.9. The molecule has 2 aromatic carbocycles. The van der Waals surface area contributed by atoms with Crippen molar-refractivity contribution in [2.45, 2.75) is 13.0 Å². The zero-order chi connectivity index (χ0) is 30.6. The van der Waals surface area contributed by atoms with E-state index in [1.165, 1.54) is 21.7 Å². The lowest BCUT2D eigenvalue weighted by Crippen LogP contribution is -2.47. The van der Waals surface area contributed by atoms with Crippen LogP contribution in [0.5, 0.6) is 11.5 Å². The van der Waals surface area contributed by atoms with Gasteiger partial charge in [0.2, 0.25) is 0 Å². The van der Waals surface area contributed by atoms with Gasteiger partial charge in [0.1, 0.15) is 15.8 Å². The van der Waals surface area contributed by atoms with Crippen LogP contribution in [0.1, 0.15) is 16.7 Å². The number of methoxy groups -OCH3 is 2. The van der Waals surface area contributed by atoms with Crippen molar-refractivity contribution in [3.8, 4) is 11.5 Å². The molecule has 0 saturated carbocycles. The summed E-state index contributed by atoms with van der Waals surface area (Å²) >= 11 is 6.83. The minimum atomic E-state index is -0.215. The average Bonchev–Trinajstić information content (AvgIpc) is 3.33. The molecule has 0 spiro atoms. The molecule has 0 unspecified atom stereocenters. The number of thiocarbonyl (C=S) groups is 1. The van der Waals surface area contributed by atoms with Crippen LogP contribution in [0.4, 0.5) is 5.82 Å². The Morgan fingerprint density at radius 3 is 2.41 bits per heavy atom. The van der Waals surface area contributed by atoms with Gasteiger partial charge < -0.3 is 14.4 Å². The molecule has 1 amide bonds. The zero-order valence-corrected chi connectivity index (χ0v) is 26.3. The Hall–Kier alpha value is -4.19. The summed E-state index contributed by atoms with van der Waals surface area (Å²) in [5.74, 6) is 1.66. The summed E-state index contributed by atoms with van der Waals surface area (Å²) in [6.07, 6.45) is 3.97. The second kappa shape index (κ2) is 13.2. The molecule has 9 nitrogen and oxygen atoms in total. The van der Waals surface area contributed by atoms with E-state index in [0.717, 1.165) is 38.3 Å². The first-order valence-corrected chi connectivity index (χ1v) is 15.7. The van der Waals surface area contributed by atoms with E-state index in [-0.39, 0.29) is 11.5 Å². The summed E-state index contributed by atoms with van der Waals surface area (Å²) < 4.78 is 12.7. The Labute approximate surface area is 265 Å². The number of amides is 1. The van der Waals surface area contributed by atoms with Crippen LogP contribution in [-0.2, 0) is 17.8 Å². The molecule has 0 N–H and O–H groups in total. The minimum Gasteiger partial charge on any atom is -0.493 e. The SMILES string of the molecule is COc1ccc(CCN2C(=O)C(=Cc3c(N4CCN(Cc5ccccc5)CC4)nc4ccccn4c3=O)SC2=S)cc1OC. The van der Waals surface area contributed by atoms with Gasteiger partial charge in [-0.15, -0.1) is 0 Å². The fourth-order valence-corrected chi connectivity index (χ4v) is 6.81. The maximum absolute atomic E-state index is 13.8. The average molecular weight is 628 g/mol. The summed E-state index contributed by atoms with van der Waals surface area (Å²) in [6, 6.07) is 21.6. The second-order valence-electron chi connectivity index (χ2n) is 10.6. The zero-order valence-electron chi connectivity index (χ0n) is 24.6. The van der Waals surface area contributed by atoms with Gasteiger partial charge >= 0.3 is 0 Å². The number of anilines is 1. The molecule has 2 aliphatic rings. The summed E-state index contributed by atoms with van der Waals surface area (Å²) in [5.41, 5.74) is 3.01. The van der Waals surface area contributed by atoms with E-state index in [2.05, 4.69) is 34.1 Å². The van der Waals surface area contributed by atoms with Crippen molar-refractivity contribution in [2.24, 2.45) is 0 Å². The molecule has 0 radical (unpaired) electrons. The van der Waals surface area contributed by atoms with Crippen LogP contribution in [0.2, 0.25) is 0 Å². The van der Waals surface area contributed by atoms with Crippen molar-refractivity contribution in [1.29, 1.82) is 0 Å². The lowest BCUT2D eigenvalue weighted by molar-refractivity contribution is -0.122. The molecular formula is C33H33N5O4S2. The molecule has 2 saturated heterocycles. The van der Waals surface area contributed by atoms with E-state index in [0.29, 0.717) is 50.7 Å². The van der Waals surface area contributed by atoms with Crippen LogP contribution >= 0.6 is 24.0 Å². The molecular weight excluding hydrogens is 595 g/mol. The van der Waals surface area contributed by atoms with E-state index < -0.39 is 0 Å². The number of fused-ring (bicyclic) bond motifs is 1. The predicted octanol–water partition coefficient (Wildman–Crippen LogP) is 4.48. The minimum absolute atomic E-state index is 0.211. The number of ether oxygens (including phenoxy) is 2. The number of thioether (sulfide) groups is 1. The lowest BCUT2D eigenvalue weighted by Gasteiger charge is -2.36. The standard InChI is InChI=1S/C33H33N5O4S2/c1-41-26-12-11-23(20-27(26)42-2)13-15-38-32(40)28(44-33(38)43)21-25-30(34-29-10-6-7-14-37(29)31(25)39)36-18-16-35(17-19-36)22-24-8-4-3-5-9-24/h3-12,14,20-21H,13,15-19,22H2,1-2H3. The highest BCUT2D eigenvalue weighted by atomic mass is 32.2. The van der Waals surface area contributed by atoms with Gasteiger partial charge in [-0.3, -0.25) is 23.8 Å². The fraction of sp³-hybridized carbons (Fsp3) is 0.273. The highest BCUT2D eigenvalue weighted by Crippen LogP contribution is 2.34. The summed E-state index contributed by atoms with van der Waals surface area (Å²) in [4.78, 5) is 38.9. The molecule has 2 fully saturated rings. The number of rotatable bonds is 9. The number of piperazine rings is 1. The van der Waals surface area contributed by atoms with Crippen molar-refractivity contribution in [3.05, 3.63) is 105 Å². The number of aromatic nitrogens is 2.